The second kappa shape index (κ2) is 19.9. The fourth-order valence-electron chi connectivity index (χ4n) is 8.72. The minimum atomic E-state index is -4.65. The third-order valence-corrected chi connectivity index (χ3v) is 15.2. The van der Waals surface area contributed by atoms with Crippen LogP contribution in [0, 0.1) is 12.3 Å². The van der Waals surface area contributed by atoms with Crippen molar-refractivity contribution in [2.24, 2.45) is 10.4 Å². The number of fused-ring (bicyclic) bond motifs is 3. The molecule has 5 rings (SSSR count). The lowest BCUT2D eigenvalue weighted by Crippen LogP contribution is -2.49. The van der Waals surface area contributed by atoms with Crippen LogP contribution in [0.4, 0.5) is 5.69 Å². The zero-order chi connectivity index (χ0) is 50.0. The summed E-state index contributed by atoms with van der Waals surface area (Å²) in [5, 5.41) is 15.1. The third-order valence-electron chi connectivity index (χ3n) is 12.0. The number of aryl methyl sites for hydroxylation is 1. The molecule has 0 spiro atoms. The van der Waals surface area contributed by atoms with Crippen LogP contribution in [0.2, 0.25) is 0 Å². The number of aliphatic carboxylic acids is 1. The number of anilines is 1. The van der Waals surface area contributed by atoms with Crippen molar-refractivity contribution in [1.29, 1.82) is 0 Å². The fourth-order valence-corrected chi connectivity index (χ4v) is 10.6. The molecule has 3 aromatic rings. The van der Waals surface area contributed by atoms with E-state index in [1.807, 2.05) is 55.1 Å². The van der Waals surface area contributed by atoms with Gasteiger partial charge in [-0.2, -0.15) is 33.7 Å². The van der Waals surface area contributed by atoms with Crippen LogP contribution in [0.5, 0.6) is 0 Å². The van der Waals surface area contributed by atoms with Crippen molar-refractivity contribution in [3.8, 4) is 0 Å². The number of carboxylic acids is 1. The second-order valence-electron chi connectivity index (χ2n) is 17.7. The first-order valence-corrected chi connectivity index (χ1v) is 27.2. The number of allylic oxidation sites excluding steroid dienone is 8. The molecule has 1 aliphatic carbocycles. The Bertz CT molecular complexity index is 3080. The van der Waals surface area contributed by atoms with Gasteiger partial charge in [-0.05, 0) is 102 Å². The molecule has 0 fully saturated rings. The van der Waals surface area contributed by atoms with E-state index in [0.717, 1.165) is 22.0 Å². The molecule has 0 bridgehead atoms. The lowest BCUT2D eigenvalue weighted by Gasteiger charge is -2.33. The van der Waals surface area contributed by atoms with E-state index in [1.165, 1.54) is 30.4 Å². The van der Waals surface area contributed by atoms with Crippen LogP contribution in [0.25, 0.3) is 10.8 Å². The van der Waals surface area contributed by atoms with E-state index in [2.05, 4.69) is 10.3 Å². The van der Waals surface area contributed by atoms with Gasteiger partial charge in [-0.1, -0.05) is 82.3 Å². The van der Waals surface area contributed by atoms with Crippen molar-refractivity contribution in [2.45, 2.75) is 76.0 Å². The molecule has 364 valence electrons. The highest BCUT2D eigenvalue weighted by Crippen LogP contribution is 2.51. The Balaban J connectivity index is 1.69. The highest BCUT2D eigenvalue weighted by atomic mass is 32.2. The van der Waals surface area contributed by atoms with Gasteiger partial charge in [0.15, 0.2) is 5.41 Å². The summed E-state index contributed by atoms with van der Waals surface area (Å²) in [7, 11) is -17.9. The van der Waals surface area contributed by atoms with Crippen molar-refractivity contribution in [1.82, 2.24) is 5.32 Å². The predicted molar refractivity (Wildman–Crippen MR) is 255 cm³/mol. The molecule has 0 saturated carbocycles. The number of carboxylic acid groups (broad SMARTS) is 1. The number of hydrogen-bond acceptors (Lipinski definition) is 12. The average molecular weight is 1010 g/mol. The summed E-state index contributed by atoms with van der Waals surface area (Å²) in [5.74, 6) is -4.64. The summed E-state index contributed by atoms with van der Waals surface area (Å²) in [4.78, 5) is 33.5. The molecule has 67 heavy (non-hydrogen) atoms. The number of nitrogens with one attached hydrogen (secondary N) is 1. The van der Waals surface area contributed by atoms with Gasteiger partial charge < -0.3 is 15.3 Å². The summed E-state index contributed by atoms with van der Waals surface area (Å²) >= 11 is 0. The van der Waals surface area contributed by atoms with Gasteiger partial charge in [0.2, 0.25) is 5.91 Å². The predicted octanol–water partition coefficient (Wildman–Crippen LogP) is 5.63. The van der Waals surface area contributed by atoms with Crippen LogP contribution in [-0.4, -0.2) is 111 Å². The molecule has 2 aliphatic rings. The van der Waals surface area contributed by atoms with Gasteiger partial charge >= 0.3 is 5.97 Å². The van der Waals surface area contributed by atoms with E-state index < -0.39 is 110 Å². The number of carbonyl (C=O) groups excluding carboxylic acids is 1. The monoisotopic (exact) mass is 1010 g/mol. The molecular weight excluding hydrogens is 951 g/mol. The van der Waals surface area contributed by atoms with Crippen LogP contribution < -0.4 is 10.2 Å². The minimum Gasteiger partial charge on any atom is -0.480 e. The molecule has 1 unspecified atom stereocenters. The third kappa shape index (κ3) is 12.9. The Hall–Kier alpha value is -5.07. The van der Waals surface area contributed by atoms with Crippen LogP contribution in [0.15, 0.2) is 112 Å². The minimum absolute atomic E-state index is 0.0471. The van der Waals surface area contributed by atoms with E-state index in [-0.39, 0.29) is 37.2 Å². The van der Waals surface area contributed by atoms with Crippen LogP contribution in [0.1, 0.15) is 70.1 Å². The number of aliphatic imine (C=N–C) groups is 1. The summed E-state index contributed by atoms with van der Waals surface area (Å²) in [5.41, 5.74) is 0.0454. The fraction of sp³-hybridized carbons (Fsp3) is 0.400. The Morgan fingerprint density at radius 3 is 2.10 bits per heavy atom. The van der Waals surface area contributed by atoms with Crippen molar-refractivity contribution in [2.75, 3.05) is 41.8 Å². The molecule has 1 aliphatic heterocycles. The van der Waals surface area contributed by atoms with Crippen LogP contribution in [0.3, 0.4) is 0 Å². The zero-order valence-electron chi connectivity index (χ0n) is 37.5. The first-order valence-electron chi connectivity index (χ1n) is 21.0. The van der Waals surface area contributed by atoms with Crippen molar-refractivity contribution in [3.63, 3.8) is 0 Å². The van der Waals surface area contributed by atoms with Crippen LogP contribution >= 0.6 is 0 Å². The Morgan fingerprint density at radius 1 is 0.836 bits per heavy atom. The lowest BCUT2D eigenvalue weighted by molar-refractivity contribution is -0.156. The molecule has 6 N–H and O–H groups in total. The smallest absolute Gasteiger partial charge is 0.319 e. The van der Waals surface area contributed by atoms with Crippen LogP contribution in [-0.2, 0) is 60.9 Å². The molecule has 3 aromatic carbocycles. The number of carbonyl (C=O) groups is 2. The van der Waals surface area contributed by atoms with Gasteiger partial charge in [-0.3, -0.25) is 32.8 Å². The quantitative estimate of drug-likeness (QED) is 0.0367. The maximum atomic E-state index is 14.0. The molecule has 0 saturated heterocycles. The maximum absolute atomic E-state index is 14.0. The maximum Gasteiger partial charge on any atom is 0.319 e. The average Bonchev–Trinajstić information content (AvgIpc) is 3.42. The van der Waals surface area contributed by atoms with Crippen molar-refractivity contribution < 1.29 is 66.6 Å². The largest absolute Gasteiger partial charge is 0.480 e. The number of rotatable bonds is 19. The van der Waals surface area contributed by atoms with Gasteiger partial charge in [-0.25, -0.2) is 0 Å². The molecule has 0 aromatic heterocycles. The topological polar surface area (TPSA) is 299 Å². The first-order chi connectivity index (χ1) is 30.9. The van der Waals surface area contributed by atoms with Gasteiger partial charge in [-0.15, -0.1) is 0 Å². The number of hydrogen-bond donors (Lipinski definition) is 6. The van der Waals surface area contributed by atoms with E-state index in [0.29, 0.717) is 22.4 Å². The van der Waals surface area contributed by atoms with E-state index in [9.17, 15) is 66.6 Å². The number of amides is 1. The normalized spacial score (nSPS) is 19.6. The summed E-state index contributed by atoms with van der Waals surface area (Å²) in [6.45, 7) is 8.46. The van der Waals surface area contributed by atoms with Crippen molar-refractivity contribution in [3.05, 3.63) is 119 Å². The molecule has 1 heterocycles. The second-order valence-corrected chi connectivity index (χ2v) is 23.8. The summed E-state index contributed by atoms with van der Waals surface area (Å²) < 4.78 is 132. The standard InChI is InChI=1S/C45H55N3O15S4/c1-30-12-16-34(67(61,62)63)27-36(30)43(2,3)38(46-20-8-23-64(52,53)54)18-13-31-26-32(29-45(28-31,42(50)51)41(49)47-21-25-66(58,59)60)14-19-39-44(4,5)40-35-11-7-6-10-33(35)15-17-37(40)48(39)22-9-24-65(55,56)57/h6-7,10-19,26-27H,8-9,20-25,28-29H2,1-5H3,(H,47,49)(H,50,51)(H,52,53,54)(H,55,56,57)(H,58,59,60)(H,61,62,63)/b18-13+,32-14-,39-19+,46-38?. The zero-order valence-corrected chi connectivity index (χ0v) is 40.8. The Labute approximate surface area is 391 Å². The molecular formula is C45H55N3O15S4. The summed E-state index contributed by atoms with van der Waals surface area (Å²) in [6, 6.07) is 15.6. The van der Waals surface area contributed by atoms with E-state index in [1.54, 1.807) is 39.0 Å². The van der Waals surface area contributed by atoms with Gasteiger partial charge in [0, 0.05) is 47.6 Å². The summed E-state index contributed by atoms with van der Waals surface area (Å²) in [6.07, 6.45) is 7.13. The molecule has 1 atom stereocenters. The number of nitrogens with zero attached hydrogens (tertiary/aromatic N) is 2. The SMILES string of the molecule is Cc1ccc(S(=O)(=O)O)cc1C(C)(C)C(/C=C/C1=CC(=C/C=C2/N(CCCS(=O)(=O)O)c3ccc4ccccc4c3C2(C)C)/CC(C(=O)O)(C(=O)NCCS(=O)(=O)O)C1)=NCCCS(=O)(=O)O. The molecule has 1 amide bonds. The highest BCUT2D eigenvalue weighted by Gasteiger charge is 2.49. The molecule has 18 nitrogen and oxygen atoms in total. The Morgan fingerprint density at radius 2 is 1.48 bits per heavy atom. The van der Waals surface area contributed by atoms with Gasteiger partial charge in [0.05, 0.1) is 22.2 Å². The lowest BCUT2D eigenvalue weighted by atomic mass is 9.70. The molecule has 0 radical (unpaired) electrons. The first kappa shape index (κ1) is 52.9. The number of benzene rings is 3. The van der Waals surface area contributed by atoms with Gasteiger partial charge in [0.25, 0.3) is 40.5 Å². The van der Waals surface area contributed by atoms with E-state index >= 15 is 0 Å². The van der Waals surface area contributed by atoms with Gasteiger partial charge in [0.1, 0.15) is 0 Å². The molecule has 22 heteroatoms. The van der Waals surface area contributed by atoms with Crippen molar-refractivity contribution >= 4 is 74.5 Å². The highest BCUT2D eigenvalue weighted by molar-refractivity contribution is 7.86. The van der Waals surface area contributed by atoms with E-state index in [4.69, 9.17) is 0 Å². The Kier molecular flexibility index (Phi) is 15.7.